The number of carbonyl (C=O) groups is 2. The van der Waals surface area contributed by atoms with Gasteiger partial charge in [-0.25, -0.2) is 5.43 Å². The van der Waals surface area contributed by atoms with E-state index in [-0.39, 0.29) is 18.0 Å². The summed E-state index contributed by atoms with van der Waals surface area (Å²) >= 11 is 3.27. The smallest absolute Gasteiger partial charge is 0.311 e. The largest absolute Gasteiger partial charge is 0.490 e. The second-order valence-electron chi connectivity index (χ2n) is 5.54. The Balaban J connectivity index is 1.98. The Morgan fingerprint density at radius 1 is 1.25 bits per heavy atom. The van der Waals surface area contributed by atoms with Crippen LogP contribution in [0.25, 0.3) is 0 Å². The van der Waals surface area contributed by atoms with Crippen LogP contribution in [0.2, 0.25) is 0 Å². The normalized spacial score (nSPS) is 10.9. The standard InChI is InChI=1S/C18H17BrN4O5/c1-11(12-7-8-16(28-2)15(9-12)23(26)27)21-22-17(24)10-20-18(25)13-5-3-4-6-14(13)19/h3-9H,10H2,1-2H3,(H,20,25)(H,22,24)/b21-11-. The maximum atomic E-state index is 12.1. The van der Waals surface area contributed by atoms with E-state index in [9.17, 15) is 19.7 Å². The van der Waals surface area contributed by atoms with Crippen LogP contribution >= 0.6 is 15.9 Å². The van der Waals surface area contributed by atoms with Crippen LogP contribution in [-0.2, 0) is 4.79 Å². The molecule has 9 nitrogen and oxygen atoms in total. The summed E-state index contributed by atoms with van der Waals surface area (Å²) in [7, 11) is 1.34. The molecule has 146 valence electrons. The third-order valence-corrected chi connectivity index (χ3v) is 4.36. The van der Waals surface area contributed by atoms with Crippen LogP contribution < -0.4 is 15.5 Å². The number of halogens is 1. The average Bonchev–Trinajstić information content (AvgIpc) is 2.69. The number of nitrogens with one attached hydrogen (secondary N) is 2. The van der Waals surface area contributed by atoms with E-state index in [2.05, 4.69) is 31.8 Å². The van der Waals surface area contributed by atoms with Crippen molar-refractivity contribution in [3.8, 4) is 5.75 Å². The molecule has 28 heavy (non-hydrogen) atoms. The Morgan fingerprint density at radius 3 is 2.61 bits per heavy atom. The molecule has 0 saturated heterocycles. The molecular formula is C18H17BrN4O5. The van der Waals surface area contributed by atoms with E-state index in [1.165, 1.54) is 19.2 Å². The van der Waals surface area contributed by atoms with Gasteiger partial charge in [-0.1, -0.05) is 12.1 Å². The van der Waals surface area contributed by atoms with E-state index in [0.29, 0.717) is 21.3 Å². The van der Waals surface area contributed by atoms with Gasteiger partial charge in [0.15, 0.2) is 5.75 Å². The number of methoxy groups -OCH3 is 1. The van der Waals surface area contributed by atoms with Crippen LogP contribution in [0.3, 0.4) is 0 Å². The number of hydrogen-bond acceptors (Lipinski definition) is 6. The highest BCUT2D eigenvalue weighted by Gasteiger charge is 2.16. The van der Waals surface area contributed by atoms with Crippen LogP contribution in [0.15, 0.2) is 52.0 Å². The van der Waals surface area contributed by atoms with Gasteiger partial charge < -0.3 is 10.1 Å². The van der Waals surface area contributed by atoms with Crippen molar-refractivity contribution in [2.24, 2.45) is 5.10 Å². The van der Waals surface area contributed by atoms with E-state index in [4.69, 9.17) is 4.74 Å². The third kappa shape index (κ3) is 5.36. The zero-order chi connectivity index (χ0) is 20.7. The molecule has 2 rings (SSSR count). The Morgan fingerprint density at radius 2 is 1.96 bits per heavy atom. The molecule has 0 heterocycles. The van der Waals surface area contributed by atoms with Crippen molar-refractivity contribution in [3.63, 3.8) is 0 Å². The number of benzene rings is 2. The number of nitro benzene ring substituents is 1. The first-order chi connectivity index (χ1) is 13.3. The highest BCUT2D eigenvalue weighted by atomic mass is 79.9. The number of amides is 2. The lowest BCUT2D eigenvalue weighted by Crippen LogP contribution is -2.35. The lowest BCUT2D eigenvalue weighted by molar-refractivity contribution is -0.385. The molecule has 0 unspecified atom stereocenters. The van der Waals surface area contributed by atoms with Gasteiger partial charge >= 0.3 is 5.69 Å². The molecule has 0 aliphatic heterocycles. The molecule has 0 bridgehead atoms. The fourth-order valence-corrected chi connectivity index (χ4v) is 2.67. The van der Waals surface area contributed by atoms with Gasteiger partial charge in [0.1, 0.15) is 0 Å². The number of carbonyl (C=O) groups excluding carboxylic acids is 2. The fraction of sp³-hybridized carbons (Fsp3) is 0.167. The summed E-state index contributed by atoms with van der Waals surface area (Å²) in [5, 5.41) is 17.5. The van der Waals surface area contributed by atoms with Crippen molar-refractivity contribution in [2.75, 3.05) is 13.7 Å². The van der Waals surface area contributed by atoms with Crippen molar-refractivity contribution >= 4 is 39.1 Å². The summed E-state index contributed by atoms with van der Waals surface area (Å²) in [5.74, 6) is -0.822. The summed E-state index contributed by atoms with van der Waals surface area (Å²) in [6.07, 6.45) is 0. The fourth-order valence-electron chi connectivity index (χ4n) is 2.21. The van der Waals surface area contributed by atoms with Gasteiger partial charge in [-0.15, -0.1) is 0 Å². The molecule has 0 radical (unpaired) electrons. The minimum atomic E-state index is -0.564. The number of nitrogens with zero attached hydrogens (tertiary/aromatic N) is 2. The highest BCUT2D eigenvalue weighted by molar-refractivity contribution is 9.10. The zero-order valence-corrected chi connectivity index (χ0v) is 16.6. The van der Waals surface area contributed by atoms with Gasteiger partial charge in [0.2, 0.25) is 0 Å². The summed E-state index contributed by atoms with van der Waals surface area (Å²) in [6, 6.07) is 11.2. The SMILES string of the molecule is COc1ccc(/C(C)=N\NC(=O)CNC(=O)c2ccccc2Br)cc1[N+](=O)[O-]. The lowest BCUT2D eigenvalue weighted by atomic mass is 10.1. The highest BCUT2D eigenvalue weighted by Crippen LogP contribution is 2.27. The van der Waals surface area contributed by atoms with Crippen molar-refractivity contribution in [1.29, 1.82) is 0 Å². The second-order valence-corrected chi connectivity index (χ2v) is 6.39. The van der Waals surface area contributed by atoms with Crippen LogP contribution in [0.1, 0.15) is 22.8 Å². The number of rotatable bonds is 7. The maximum absolute atomic E-state index is 12.1. The second kappa shape index (κ2) is 9.60. The van der Waals surface area contributed by atoms with E-state index < -0.39 is 16.7 Å². The molecule has 0 aliphatic rings. The monoisotopic (exact) mass is 448 g/mol. The summed E-state index contributed by atoms with van der Waals surface area (Å²) < 4.78 is 5.56. The van der Waals surface area contributed by atoms with Crippen LogP contribution in [0.4, 0.5) is 5.69 Å². The van der Waals surface area contributed by atoms with Gasteiger partial charge in [-0.3, -0.25) is 19.7 Å². The Labute approximate surface area is 169 Å². The molecular weight excluding hydrogens is 432 g/mol. The Kier molecular flexibility index (Phi) is 7.21. The third-order valence-electron chi connectivity index (χ3n) is 3.67. The molecule has 0 aromatic heterocycles. The van der Waals surface area contributed by atoms with Crippen LogP contribution in [0, 0.1) is 10.1 Å². The minimum absolute atomic E-state index is 0.125. The van der Waals surface area contributed by atoms with Crippen molar-refractivity contribution in [2.45, 2.75) is 6.92 Å². The Bertz CT molecular complexity index is 945. The number of ether oxygens (including phenoxy) is 1. The van der Waals surface area contributed by atoms with Gasteiger partial charge in [-0.2, -0.15) is 5.10 Å². The molecule has 0 fully saturated rings. The molecule has 2 aromatic carbocycles. The molecule has 0 atom stereocenters. The van der Waals surface area contributed by atoms with Gasteiger partial charge in [0.25, 0.3) is 11.8 Å². The number of nitro groups is 1. The molecule has 0 aliphatic carbocycles. The molecule has 10 heteroatoms. The first-order valence-corrected chi connectivity index (χ1v) is 8.81. The van der Waals surface area contributed by atoms with E-state index in [1.54, 1.807) is 37.3 Å². The van der Waals surface area contributed by atoms with Gasteiger partial charge in [0.05, 0.1) is 29.9 Å². The van der Waals surface area contributed by atoms with Gasteiger partial charge in [-0.05, 0) is 47.1 Å². The summed E-state index contributed by atoms with van der Waals surface area (Å²) in [5.41, 5.74) is 3.30. The molecule has 0 saturated carbocycles. The topological polar surface area (TPSA) is 123 Å². The zero-order valence-electron chi connectivity index (χ0n) is 15.1. The van der Waals surface area contributed by atoms with E-state index in [0.717, 1.165) is 0 Å². The van der Waals surface area contributed by atoms with Crippen LogP contribution in [0.5, 0.6) is 5.75 Å². The molecule has 2 aromatic rings. The number of hydrogen-bond donors (Lipinski definition) is 2. The van der Waals surface area contributed by atoms with E-state index >= 15 is 0 Å². The first kappa shape index (κ1) is 21.0. The molecule has 2 amide bonds. The predicted molar refractivity (Wildman–Crippen MR) is 106 cm³/mol. The lowest BCUT2D eigenvalue weighted by Gasteiger charge is -2.07. The summed E-state index contributed by atoms with van der Waals surface area (Å²) in [4.78, 5) is 34.5. The number of hydrazone groups is 1. The van der Waals surface area contributed by atoms with Crippen molar-refractivity contribution in [1.82, 2.24) is 10.7 Å². The molecule has 2 N–H and O–H groups in total. The quantitative estimate of drug-likeness (QED) is 0.382. The maximum Gasteiger partial charge on any atom is 0.311 e. The predicted octanol–water partition coefficient (Wildman–Crippen LogP) is 2.64. The van der Waals surface area contributed by atoms with Crippen LogP contribution in [-0.4, -0.2) is 36.1 Å². The van der Waals surface area contributed by atoms with Gasteiger partial charge in [0, 0.05) is 16.1 Å². The molecule has 0 spiro atoms. The minimum Gasteiger partial charge on any atom is -0.490 e. The average molecular weight is 449 g/mol. The van der Waals surface area contributed by atoms with Crippen molar-refractivity contribution in [3.05, 3.63) is 68.2 Å². The first-order valence-electron chi connectivity index (χ1n) is 8.02. The van der Waals surface area contributed by atoms with E-state index in [1.807, 2.05) is 0 Å². The summed E-state index contributed by atoms with van der Waals surface area (Å²) in [6.45, 7) is 1.31. The van der Waals surface area contributed by atoms with Crippen molar-refractivity contribution < 1.29 is 19.2 Å². The Hall–Kier alpha value is -3.27.